The molecular formula is C16H19FN2. The number of nitrogens with two attached hydrogens (primary N) is 1. The molecule has 0 fully saturated rings. The lowest BCUT2D eigenvalue weighted by Gasteiger charge is -2.17. The predicted molar refractivity (Wildman–Crippen MR) is 75.9 cm³/mol. The fourth-order valence-corrected chi connectivity index (χ4v) is 2.12. The van der Waals surface area contributed by atoms with Crippen LogP contribution in [0.25, 0.3) is 0 Å². The van der Waals surface area contributed by atoms with Crippen LogP contribution in [0.15, 0.2) is 48.5 Å². The average molecular weight is 258 g/mol. The highest BCUT2D eigenvalue weighted by molar-refractivity contribution is 5.25. The molecule has 0 saturated carbocycles. The maximum absolute atomic E-state index is 13.7. The number of hydrogen-bond acceptors (Lipinski definition) is 2. The molecular weight excluding hydrogens is 239 g/mol. The minimum atomic E-state index is -0.169. The van der Waals surface area contributed by atoms with Crippen molar-refractivity contribution in [1.29, 1.82) is 0 Å². The first kappa shape index (κ1) is 13.7. The normalized spacial score (nSPS) is 10.9. The molecule has 0 aliphatic heterocycles. The molecule has 19 heavy (non-hydrogen) atoms. The van der Waals surface area contributed by atoms with Crippen molar-refractivity contribution in [3.63, 3.8) is 0 Å². The van der Waals surface area contributed by atoms with Crippen LogP contribution in [-0.2, 0) is 19.6 Å². The summed E-state index contributed by atoms with van der Waals surface area (Å²) in [6, 6.07) is 15.2. The third kappa shape index (κ3) is 3.88. The molecule has 0 bridgehead atoms. The van der Waals surface area contributed by atoms with Crippen molar-refractivity contribution in [3.05, 3.63) is 71.0 Å². The Morgan fingerprint density at radius 3 is 2.42 bits per heavy atom. The van der Waals surface area contributed by atoms with Crippen LogP contribution in [0.3, 0.4) is 0 Å². The van der Waals surface area contributed by atoms with E-state index < -0.39 is 0 Å². The summed E-state index contributed by atoms with van der Waals surface area (Å²) in [4.78, 5) is 2.09. The van der Waals surface area contributed by atoms with E-state index in [0.717, 1.165) is 12.1 Å². The molecule has 0 radical (unpaired) electrons. The van der Waals surface area contributed by atoms with Gasteiger partial charge in [-0.3, -0.25) is 4.90 Å². The van der Waals surface area contributed by atoms with Gasteiger partial charge in [-0.15, -0.1) is 0 Å². The molecule has 0 aliphatic rings. The maximum atomic E-state index is 13.7. The van der Waals surface area contributed by atoms with Crippen molar-refractivity contribution in [2.75, 3.05) is 7.05 Å². The summed E-state index contributed by atoms with van der Waals surface area (Å²) < 4.78 is 13.7. The van der Waals surface area contributed by atoms with E-state index in [-0.39, 0.29) is 5.82 Å². The van der Waals surface area contributed by atoms with Gasteiger partial charge < -0.3 is 5.73 Å². The van der Waals surface area contributed by atoms with Crippen LogP contribution in [0.1, 0.15) is 16.7 Å². The number of rotatable bonds is 5. The van der Waals surface area contributed by atoms with E-state index in [2.05, 4.69) is 17.0 Å². The van der Waals surface area contributed by atoms with E-state index in [0.29, 0.717) is 18.7 Å². The Balaban J connectivity index is 2.04. The Hall–Kier alpha value is -1.71. The lowest BCUT2D eigenvalue weighted by atomic mass is 10.1. The minimum Gasteiger partial charge on any atom is -0.326 e. The molecule has 0 amide bonds. The minimum absolute atomic E-state index is 0.169. The van der Waals surface area contributed by atoms with Crippen molar-refractivity contribution in [2.45, 2.75) is 19.6 Å². The van der Waals surface area contributed by atoms with Crippen molar-refractivity contribution < 1.29 is 4.39 Å². The molecule has 0 spiro atoms. The summed E-state index contributed by atoms with van der Waals surface area (Å²) in [6.45, 7) is 1.82. The summed E-state index contributed by atoms with van der Waals surface area (Å²) in [7, 11) is 1.99. The molecule has 0 saturated heterocycles. The van der Waals surface area contributed by atoms with Crippen molar-refractivity contribution in [2.24, 2.45) is 5.73 Å². The lowest BCUT2D eigenvalue weighted by molar-refractivity contribution is 0.313. The number of halogens is 1. The SMILES string of the molecule is CN(Cc1ccccc1)Cc1cc(CN)ccc1F. The highest BCUT2D eigenvalue weighted by Gasteiger charge is 2.07. The predicted octanol–water partition coefficient (Wildman–Crippen LogP) is 2.92. The Bertz CT molecular complexity index is 526. The number of nitrogens with zero attached hydrogens (tertiary/aromatic N) is 1. The van der Waals surface area contributed by atoms with Gasteiger partial charge in [-0.2, -0.15) is 0 Å². The van der Waals surface area contributed by atoms with E-state index in [1.165, 1.54) is 11.6 Å². The second-order valence-corrected chi connectivity index (χ2v) is 4.79. The smallest absolute Gasteiger partial charge is 0.127 e. The van der Waals surface area contributed by atoms with Crippen LogP contribution in [0.4, 0.5) is 4.39 Å². The van der Waals surface area contributed by atoms with Crippen LogP contribution in [0.2, 0.25) is 0 Å². The molecule has 2 nitrogen and oxygen atoms in total. The highest BCUT2D eigenvalue weighted by atomic mass is 19.1. The Kier molecular flexibility index (Phi) is 4.66. The molecule has 0 unspecified atom stereocenters. The molecule has 2 aromatic carbocycles. The summed E-state index contributed by atoms with van der Waals surface area (Å²) in [6.07, 6.45) is 0. The van der Waals surface area contributed by atoms with Gasteiger partial charge in [-0.25, -0.2) is 4.39 Å². The molecule has 2 rings (SSSR count). The van der Waals surface area contributed by atoms with Crippen molar-refractivity contribution in [3.8, 4) is 0 Å². The van der Waals surface area contributed by atoms with Gasteiger partial charge in [0.1, 0.15) is 5.82 Å². The Labute approximate surface area is 113 Å². The van der Waals surface area contributed by atoms with Crippen LogP contribution >= 0.6 is 0 Å². The van der Waals surface area contributed by atoms with E-state index in [1.54, 1.807) is 6.07 Å². The molecule has 2 N–H and O–H groups in total. The zero-order valence-corrected chi connectivity index (χ0v) is 11.1. The fraction of sp³-hybridized carbons (Fsp3) is 0.250. The van der Waals surface area contributed by atoms with Gasteiger partial charge in [0.15, 0.2) is 0 Å². The van der Waals surface area contributed by atoms with Gasteiger partial charge in [-0.05, 0) is 24.2 Å². The Morgan fingerprint density at radius 2 is 1.74 bits per heavy atom. The summed E-state index contributed by atoms with van der Waals surface area (Å²) in [5, 5.41) is 0. The third-order valence-electron chi connectivity index (χ3n) is 3.08. The zero-order chi connectivity index (χ0) is 13.7. The fourth-order valence-electron chi connectivity index (χ4n) is 2.12. The second kappa shape index (κ2) is 6.45. The van der Waals surface area contributed by atoms with Crippen molar-refractivity contribution >= 4 is 0 Å². The van der Waals surface area contributed by atoms with Crippen LogP contribution < -0.4 is 5.73 Å². The van der Waals surface area contributed by atoms with E-state index in [1.807, 2.05) is 31.3 Å². The molecule has 2 aromatic rings. The monoisotopic (exact) mass is 258 g/mol. The molecule has 0 aliphatic carbocycles. The molecule has 0 aromatic heterocycles. The standard InChI is InChI=1S/C16H19FN2/c1-19(11-13-5-3-2-4-6-13)12-15-9-14(10-18)7-8-16(15)17/h2-9H,10-12,18H2,1H3. The highest BCUT2D eigenvalue weighted by Crippen LogP contribution is 2.14. The maximum Gasteiger partial charge on any atom is 0.127 e. The van der Waals surface area contributed by atoms with Gasteiger partial charge >= 0.3 is 0 Å². The van der Waals surface area contributed by atoms with Gasteiger partial charge in [0.2, 0.25) is 0 Å². The third-order valence-corrected chi connectivity index (χ3v) is 3.08. The Morgan fingerprint density at radius 1 is 1.00 bits per heavy atom. The topological polar surface area (TPSA) is 29.3 Å². The number of benzene rings is 2. The first-order valence-corrected chi connectivity index (χ1v) is 6.39. The first-order valence-electron chi connectivity index (χ1n) is 6.39. The van der Waals surface area contributed by atoms with Crippen LogP contribution in [0.5, 0.6) is 0 Å². The largest absolute Gasteiger partial charge is 0.326 e. The van der Waals surface area contributed by atoms with E-state index in [4.69, 9.17) is 5.73 Å². The number of hydrogen-bond donors (Lipinski definition) is 1. The summed E-state index contributed by atoms with van der Waals surface area (Å²) in [5.74, 6) is -0.169. The molecule has 0 atom stereocenters. The van der Waals surface area contributed by atoms with Crippen molar-refractivity contribution in [1.82, 2.24) is 4.90 Å². The average Bonchev–Trinajstić information content (AvgIpc) is 2.42. The zero-order valence-electron chi connectivity index (χ0n) is 11.1. The van der Waals surface area contributed by atoms with Crippen LogP contribution in [-0.4, -0.2) is 11.9 Å². The van der Waals surface area contributed by atoms with Gasteiger partial charge in [0.25, 0.3) is 0 Å². The lowest BCUT2D eigenvalue weighted by Crippen LogP contribution is -2.18. The summed E-state index contributed by atoms with van der Waals surface area (Å²) in [5.41, 5.74) is 8.47. The first-order chi connectivity index (χ1) is 9.19. The molecule has 3 heteroatoms. The van der Waals surface area contributed by atoms with E-state index in [9.17, 15) is 4.39 Å². The summed E-state index contributed by atoms with van der Waals surface area (Å²) >= 11 is 0. The van der Waals surface area contributed by atoms with E-state index >= 15 is 0 Å². The molecule has 0 heterocycles. The second-order valence-electron chi connectivity index (χ2n) is 4.79. The van der Waals surface area contributed by atoms with Crippen LogP contribution in [0, 0.1) is 5.82 Å². The quantitative estimate of drug-likeness (QED) is 0.893. The molecule has 100 valence electrons. The van der Waals surface area contributed by atoms with Gasteiger partial charge in [0, 0.05) is 25.2 Å². The van der Waals surface area contributed by atoms with Gasteiger partial charge in [-0.1, -0.05) is 42.5 Å². The van der Waals surface area contributed by atoms with Gasteiger partial charge in [0.05, 0.1) is 0 Å².